The number of aromatic nitrogens is 1. The Hall–Kier alpha value is -2.62. The topological polar surface area (TPSA) is 118 Å². The largest absolute Gasteiger partial charge is 0.506 e. The molecule has 186 valence electrons. The Balaban J connectivity index is 1.22. The molecule has 2 aromatic carbocycles. The van der Waals surface area contributed by atoms with E-state index in [1.54, 1.807) is 30.3 Å². The van der Waals surface area contributed by atoms with Gasteiger partial charge in [-0.2, -0.15) is 0 Å². The number of pyridine rings is 1. The summed E-state index contributed by atoms with van der Waals surface area (Å²) in [6.45, 7) is 3.33. The first-order valence-corrected chi connectivity index (χ1v) is 12.3. The number of aliphatic hydroxyl groups excluding tert-OH is 1. The molecule has 35 heavy (non-hydrogen) atoms. The van der Waals surface area contributed by atoms with Gasteiger partial charge in [0.1, 0.15) is 5.75 Å². The van der Waals surface area contributed by atoms with Crippen molar-refractivity contribution in [2.75, 3.05) is 32.7 Å². The van der Waals surface area contributed by atoms with Crippen molar-refractivity contribution < 1.29 is 15.0 Å². The summed E-state index contributed by atoms with van der Waals surface area (Å²) in [7, 11) is 0. The van der Waals surface area contributed by atoms with Gasteiger partial charge in [-0.05, 0) is 55.8 Å². The number of hydrogen-bond acceptors (Lipinski definition) is 6. The van der Waals surface area contributed by atoms with Gasteiger partial charge in [0, 0.05) is 37.1 Å². The molecule has 8 nitrogen and oxygen atoms in total. The number of halogens is 2. The van der Waals surface area contributed by atoms with E-state index in [0.29, 0.717) is 45.2 Å². The molecule has 0 radical (unpaired) electrons. The number of phenols is 1. The van der Waals surface area contributed by atoms with Gasteiger partial charge >= 0.3 is 0 Å². The number of amides is 1. The second kappa shape index (κ2) is 11.4. The fourth-order valence-electron chi connectivity index (χ4n) is 4.43. The van der Waals surface area contributed by atoms with Crippen LogP contribution in [0.4, 0.5) is 0 Å². The van der Waals surface area contributed by atoms with E-state index >= 15 is 0 Å². The van der Waals surface area contributed by atoms with Crippen LogP contribution in [-0.2, 0) is 0 Å². The first-order chi connectivity index (χ1) is 16.8. The molecule has 0 bridgehead atoms. The molecule has 1 aliphatic rings. The van der Waals surface area contributed by atoms with Gasteiger partial charge in [-0.1, -0.05) is 35.3 Å². The molecular weight excluding hydrogens is 491 g/mol. The molecule has 1 aliphatic heterocycles. The molecule has 0 saturated carbocycles. The van der Waals surface area contributed by atoms with Crippen LogP contribution in [0.1, 0.15) is 34.9 Å². The molecule has 0 aliphatic carbocycles. The summed E-state index contributed by atoms with van der Waals surface area (Å²) < 4.78 is 0. The fraction of sp³-hybridized carbons (Fsp3) is 0.360. The third-order valence-corrected chi connectivity index (χ3v) is 6.99. The van der Waals surface area contributed by atoms with Gasteiger partial charge in [0.2, 0.25) is 5.56 Å². The second-order valence-electron chi connectivity index (χ2n) is 8.68. The van der Waals surface area contributed by atoms with Gasteiger partial charge in [0.25, 0.3) is 5.91 Å². The zero-order valence-corrected chi connectivity index (χ0v) is 20.6. The molecule has 0 spiro atoms. The van der Waals surface area contributed by atoms with Gasteiger partial charge in [-0.25, -0.2) is 0 Å². The maximum Gasteiger partial charge on any atom is 0.254 e. The number of phenolic OH excluding ortho intramolecular Hbond substituents is 1. The number of piperidine rings is 1. The van der Waals surface area contributed by atoms with Crippen molar-refractivity contribution >= 4 is 40.0 Å². The van der Waals surface area contributed by atoms with Crippen molar-refractivity contribution in [2.24, 2.45) is 0 Å². The maximum atomic E-state index is 12.4. The SMILES string of the molecule is O=C(NCCN1CCC(NC[C@H](O)c2ccc(O)c3[nH]c(=O)ccc23)CC1)c1c(Cl)cccc1Cl. The van der Waals surface area contributed by atoms with Crippen LogP contribution in [0.3, 0.4) is 0 Å². The van der Waals surface area contributed by atoms with E-state index < -0.39 is 6.10 Å². The number of carbonyl (C=O) groups is 1. The van der Waals surface area contributed by atoms with Crippen LogP contribution in [0.15, 0.2) is 47.3 Å². The molecule has 4 rings (SSSR count). The minimum Gasteiger partial charge on any atom is -0.506 e. The Bertz CT molecular complexity index is 1240. The Kier molecular flexibility index (Phi) is 8.30. The number of nitrogens with one attached hydrogen (secondary N) is 3. The molecule has 3 aromatic rings. The smallest absolute Gasteiger partial charge is 0.254 e. The number of nitrogens with zero attached hydrogens (tertiary/aromatic N) is 1. The van der Waals surface area contributed by atoms with E-state index in [4.69, 9.17) is 23.2 Å². The fourth-order valence-corrected chi connectivity index (χ4v) is 5.00. The number of benzene rings is 2. The Labute approximate surface area is 212 Å². The predicted octanol–water partition coefficient (Wildman–Crippen LogP) is 3.06. The van der Waals surface area contributed by atoms with E-state index in [9.17, 15) is 19.8 Å². The van der Waals surface area contributed by atoms with Crippen molar-refractivity contribution in [3.8, 4) is 5.75 Å². The molecule has 1 aromatic heterocycles. The molecule has 5 N–H and O–H groups in total. The van der Waals surface area contributed by atoms with Crippen molar-refractivity contribution in [2.45, 2.75) is 25.0 Å². The summed E-state index contributed by atoms with van der Waals surface area (Å²) in [6.07, 6.45) is 1.05. The Morgan fingerprint density at radius 1 is 1.11 bits per heavy atom. The average molecular weight is 519 g/mol. The summed E-state index contributed by atoms with van der Waals surface area (Å²) in [6, 6.07) is 11.4. The highest BCUT2D eigenvalue weighted by molar-refractivity contribution is 6.39. The zero-order valence-electron chi connectivity index (χ0n) is 19.1. The molecule has 1 saturated heterocycles. The number of H-pyrrole nitrogens is 1. The lowest BCUT2D eigenvalue weighted by atomic mass is 10.0. The van der Waals surface area contributed by atoms with Crippen LogP contribution in [0.2, 0.25) is 10.0 Å². The van der Waals surface area contributed by atoms with E-state index in [1.807, 2.05) is 0 Å². The van der Waals surface area contributed by atoms with Gasteiger partial charge in [0.05, 0.1) is 27.2 Å². The third-order valence-electron chi connectivity index (χ3n) is 6.36. The van der Waals surface area contributed by atoms with Gasteiger partial charge in [-0.3, -0.25) is 9.59 Å². The van der Waals surface area contributed by atoms with Crippen LogP contribution in [0, 0.1) is 0 Å². The van der Waals surface area contributed by atoms with Crippen LogP contribution < -0.4 is 16.2 Å². The van der Waals surface area contributed by atoms with E-state index in [2.05, 4.69) is 20.5 Å². The molecular formula is C25H28Cl2N4O4. The van der Waals surface area contributed by atoms with Crippen molar-refractivity contribution in [3.63, 3.8) is 0 Å². The number of aromatic hydroxyl groups is 1. The standard InChI is InChI=1S/C25H28Cl2N4O4/c26-18-2-1-3-19(27)23(18)25(35)28-10-13-31-11-8-15(9-12-31)29-14-21(33)16-4-6-20(32)24-17(16)5-7-22(34)30-24/h1-7,15,21,29,32-33H,8-14H2,(H,28,35)(H,30,34)/t21-/m0/s1. The van der Waals surface area contributed by atoms with Crippen molar-refractivity contribution in [3.05, 3.63) is 74.0 Å². The number of hydrogen-bond donors (Lipinski definition) is 5. The van der Waals surface area contributed by atoms with Gasteiger partial charge < -0.3 is 30.7 Å². The molecule has 0 unspecified atom stereocenters. The summed E-state index contributed by atoms with van der Waals surface area (Å²) >= 11 is 12.2. The number of aliphatic hydroxyl groups is 1. The molecule has 1 amide bonds. The average Bonchev–Trinajstić information content (AvgIpc) is 2.84. The first kappa shape index (κ1) is 25.5. The lowest BCUT2D eigenvalue weighted by Crippen LogP contribution is -2.45. The number of fused-ring (bicyclic) bond motifs is 1. The van der Waals surface area contributed by atoms with E-state index in [-0.39, 0.29) is 23.3 Å². The zero-order chi connectivity index (χ0) is 24.9. The lowest BCUT2D eigenvalue weighted by Gasteiger charge is -2.33. The van der Waals surface area contributed by atoms with Crippen LogP contribution >= 0.6 is 23.2 Å². The minimum absolute atomic E-state index is 0.0277. The molecule has 1 atom stereocenters. The van der Waals surface area contributed by atoms with Gasteiger partial charge in [0.15, 0.2) is 0 Å². The quantitative estimate of drug-likeness (QED) is 0.312. The number of rotatable bonds is 8. The van der Waals surface area contributed by atoms with Crippen molar-refractivity contribution in [1.29, 1.82) is 0 Å². The van der Waals surface area contributed by atoms with E-state index in [0.717, 1.165) is 32.5 Å². The Morgan fingerprint density at radius 3 is 2.54 bits per heavy atom. The minimum atomic E-state index is -0.783. The van der Waals surface area contributed by atoms with Crippen LogP contribution in [0.5, 0.6) is 5.75 Å². The summed E-state index contributed by atoms with van der Waals surface area (Å²) in [5, 5.41) is 28.4. The third kappa shape index (κ3) is 6.15. The molecule has 1 fully saturated rings. The molecule has 10 heteroatoms. The van der Waals surface area contributed by atoms with Crippen LogP contribution in [0.25, 0.3) is 10.9 Å². The highest BCUT2D eigenvalue weighted by atomic mass is 35.5. The van der Waals surface area contributed by atoms with E-state index in [1.165, 1.54) is 12.1 Å². The highest BCUT2D eigenvalue weighted by Gasteiger charge is 2.21. The lowest BCUT2D eigenvalue weighted by molar-refractivity contribution is 0.0945. The maximum absolute atomic E-state index is 12.4. The monoisotopic (exact) mass is 518 g/mol. The summed E-state index contributed by atoms with van der Waals surface area (Å²) in [5.41, 5.74) is 0.959. The Morgan fingerprint density at radius 2 is 1.83 bits per heavy atom. The van der Waals surface area contributed by atoms with Crippen molar-refractivity contribution in [1.82, 2.24) is 20.5 Å². The first-order valence-electron chi connectivity index (χ1n) is 11.5. The normalized spacial score (nSPS) is 15.9. The highest BCUT2D eigenvalue weighted by Crippen LogP contribution is 2.29. The van der Waals surface area contributed by atoms with Gasteiger partial charge in [-0.15, -0.1) is 0 Å². The van der Waals surface area contributed by atoms with Crippen LogP contribution in [-0.4, -0.2) is 64.8 Å². The number of carbonyl (C=O) groups excluding carboxylic acids is 1. The predicted molar refractivity (Wildman–Crippen MR) is 137 cm³/mol. The summed E-state index contributed by atoms with van der Waals surface area (Å²) in [4.78, 5) is 28.9. The second-order valence-corrected chi connectivity index (χ2v) is 9.49. The number of likely N-dealkylation sites (tertiary alicyclic amines) is 1. The molecule has 2 heterocycles. The number of aromatic amines is 1. The summed E-state index contributed by atoms with van der Waals surface area (Å²) in [5.74, 6) is -0.308.